The fourth-order valence-corrected chi connectivity index (χ4v) is 4.40. The highest BCUT2D eigenvalue weighted by Gasteiger charge is 2.24. The first kappa shape index (κ1) is 19.0. The van der Waals surface area contributed by atoms with Crippen molar-refractivity contribution in [2.45, 2.75) is 11.8 Å². The second-order valence-corrected chi connectivity index (χ2v) is 7.53. The molecule has 0 atom stereocenters. The first-order valence-electron chi connectivity index (χ1n) is 8.31. The standard InChI is InChI=1S/C21H18N2O2S2/c1-4-25-21(24)19-17(18(23-2)20(22)27-19)14-11-9-13(10-12-14)15-7-5-6-8-16(15)26-3/h5-12H,4,22H2,1,3H3. The molecule has 0 radical (unpaired) electrons. The van der Waals surface area contributed by atoms with Gasteiger partial charge in [0.1, 0.15) is 4.88 Å². The van der Waals surface area contributed by atoms with Gasteiger partial charge in [-0.25, -0.2) is 9.64 Å². The largest absolute Gasteiger partial charge is 0.462 e. The summed E-state index contributed by atoms with van der Waals surface area (Å²) in [7, 11) is 0. The van der Waals surface area contributed by atoms with Crippen molar-refractivity contribution in [2.24, 2.45) is 0 Å². The molecule has 0 spiro atoms. The van der Waals surface area contributed by atoms with E-state index in [1.54, 1.807) is 18.7 Å². The van der Waals surface area contributed by atoms with E-state index in [-0.39, 0.29) is 6.61 Å². The number of rotatable bonds is 5. The number of anilines is 1. The zero-order valence-corrected chi connectivity index (χ0v) is 16.6. The molecule has 2 aromatic carbocycles. The summed E-state index contributed by atoms with van der Waals surface area (Å²) in [5.41, 5.74) is 9.84. The van der Waals surface area contributed by atoms with Crippen LogP contribution in [0, 0.1) is 6.57 Å². The average molecular weight is 395 g/mol. The third-order valence-electron chi connectivity index (χ3n) is 4.07. The molecule has 1 heterocycles. The van der Waals surface area contributed by atoms with E-state index in [1.807, 2.05) is 36.4 Å². The van der Waals surface area contributed by atoms with E-state index in [9.17, 15) is 4.79 Å². The lowest BCUT2D eigenvalue weighted by molar-refractivity contribution is 0.0533. The molecule has 3 aromatic rings. The van der Waals surface area contributed by atoms with Crippen LogP contribution in [0.4, 0.5) is 10.7 Å². The Hall–Kier alpha value is -2.75. The summed E-state index contributed by atoms with van der Waals surface area (Å²) in [6, 6.07) is 16.0. The van der Waals surface area contributed by atoms with Gasteiger partial charge in [0.05, 0.1) is 18.2 Å². The van der Waals surface area contributed by atoms with Crippen LogP contribution in [0.1, 0.15) is 16.6 Å². The smallest absolute Gasteiger partial charge is 0.347 e. The maximum absolute atomic E-state index is 12.3. The number of hydrogen-bond acceptors (Lipinski definition) is 5. The van der Waals surface area contributed by atoms with Crippen LogP contribution in [0.15, 0.2) is 53.4 Å². The molecule has 4 nitrogen and oxygen atoms in total. The van der Waals surface area contributed by atoms with Crippen molar-refractivity contribution >= 4 is 39.8 Å². The van der Waals surface area contributed by atoms with Crippen molar-refractivity contribution in [2.75, 3.05) is 18.6 Å². The van der Waals surface area contributed by atoms with E-state index >= 15 is 0 Å². The van der Waals surface area contributed by atoms with Crippen LogP contribution < -0.4 is 5.73 Å². The van der Waals surface area contributed by atoms with E-state index in [0.717, 1.165) is 28.0 Å². The number of carbonyl (C=O) groups excluding carboxylic acids is 1. The Kier molecular flexibility index (Phi) is 5.84. The highest BCUT2D eigenvalue weighted by molar-refractivity contribution is 7.98. The summed E-state index contributed by atoms with van der Waals surface area (Å²) in [5.74, 6) is -0.448. The minimum Gasteiger partial charge on any atom is -0.462 e. The number of ether oxygens (including phenoxy) is 1. The normalized spacial score (nSPS) is 10.4. The van der Waals surface area contributed by atoms with Gasteiger partial charge in [-0.3, -0.25) is 0 Å². The molecule has 0 amide bonds. The average Bonchev–Trinajstić information content (AvgIpc) is 3.04. The maximum atomic E-state index is 12.3. The number of nitrogen functional groups attached to an aromatic ring is 1. The van der Waals surface area contributed by atoms with E-state index < -0.39 is 5.97 Å². The van der Waals surface area contributed by atoms with Gasteiger partial charge in [-0.05, 0) is 35.9 Å². The molecule has 0 aliphatic rings. The van der Waals surface area contributed by atoms with Gasteiger partial charge in [-0.15, -0.1) is 23.1 Å². The highest BCUT2D eigenvalue weighted by Crippen LogP contribution is 2.45. The molecule has 0 aliphatic heterocycles. The van der Waals surface area contributed by atoms with Crippen LogP contribution in [0.2, 0.25) is 0 Å². The van der Waals surface area contributed by atoms with Gasteiger partial charge >= 0.3 is 5.97 Å². The molecule has 6 heteroatoms. The lowest BCUT2D eigenvalue weighted by Gasteiger charge is -2.09. The van der Waals surface area contributed by atoms with Crippen LogP contribution in [-0.4, -0.2) is 18.8 Å². The number of hydrogen-bond donors (Lipinski definition) is 1. The number of esters is 1. The van der Waals surface area contributed by atoms with Crippen LogP contribution in [0.3, 0.4) is 0 Å². The Bertz CT molecular complexity index is 1020. The van der Waals surface area contributed by atoms with Gasteiger partial charge < -0.3 is 10.5 Å². The fourth-order valence-electron chi connectivity index (χ4n) is 2.86. The first-order valence-corrected chi connectivity index (χ1v) is 10.4. The number of thioether (sulfide) groups is 1. The highest BCUT2D eigenvalue weighted by atomic mass is 32.2. The van der Waals surface area contributed by atoms with Gasteiger partial charge in [-0.1, -0.05) is 42.5 Å². The van der Waals surface area contributed by atoms with Crippen molar-refractivity contribution < 1.29 is 9.53 Å². The van der Waals surface area contributed by atoms with Crippen molar-refractivity contribution in [1.82, 2.24) is 0 Å². The molecule has 0 unspecified atom stereocenters. The Morgan fingerprint density at radius 1 is 1.19 bits per heavy atom. The van der Waals surface area contributed by atoms with Gasteiger partial charge in [0.2, 0.25) is 5.69 Å². The van der Waals surface area contributed by atoms with Crippen molar-refractivity contribution in [3.05, 3.63) is 64.8 Å². The van der Waals surface area contributed by atoms with Gasteiger partial charge in [0.15, 0.2) is 0 Å². The molecule has 0 fully saturated rings. The molecule has 0 aliphatic carbocycles. The molecule has 0 bridgehead atoms. The quantitative estimate of drug-likeness (QED) is 0.322. The minimum atomic E-state index is -0.448. The maximum Gasteiger partial charge on any atom is 0.347 e. The molecule has 136 valence electrons. The summed E-state index contributed by atoms with van der Waals surface area (Å²) in [5, 5.41) is 0.333. The first-order chi connectivity index (χ1) is 13.1. The summed E-state index contributed by atoms with van der Waals surface area (Å²) in [6.07, 6.45) is 2.05. The minimum absolute atomic E-state index is 0.272. The molecular formula is C21H18N2O2S2. The van der Waals surface area contributed by atoms with E-state index in [0.29, 0.717) is 21.1 Å². The Labute approximate surface area is 166 Å². The van der Waals surface area contributed by atoms with Crippen LogP contribution in [0.25, 0.3) is 27.1 Å². The number of benzene rings is 2. The van der Waals surface area contributed by atoms with Crippen molar-refractivity contribution in [3.63, 3.8) is 0 Å². The van der Waals surface area contributed by atoms with E-state index in [1.165, 1.54) is 4.90 Å². The topological polar surface area (TPSA) is 56.7 Å². The van der Waals surface area contributed by atoms with Gasteiger partial charge in [0, 0.05) is 10.5 Å². The van der Waals surface area contributed by atoms with Gasteiger partial charge in [0.25, 0.3) is 0 Å². The summed E-state index contributed by atoms with van der Waals surface area (Å²) in [6.45, 7) is 9.48. The number of nitrogens with zero attached hydrogens (tertiary/aromatic N) is 1. The van der Waals surface area contributed by atoms with Crippen molar-refractivity contribution in [3.8, 4) is 22.3 Å². The molecule has 2 N–H and O–H groups in total. The zero-order chi connectivity index (χ0) is 19.4. The fraction of sp³-hybridized carbons (Fsp3) is 0.143. The lowest BCUT2D eigenvalue weighted by atomic mass is 9.99. The Balaban J connectivity index is 2.08. The van der Waals surface area contributed by atoms with Crippen LogP contribution in [-0.2, 0) is 4.74 Å². The van der Waals surface area contributed by atoms with E-state index in [4.69, 9.17) is 17.0 Å². The molecule has 3 rings (SSSR count). The number of carbonyl (C=O) groups is 1. The SMILES string of the molecule is [C-]#[N+]c1c(N)sc(C(=O)OCC)c1-c1ccc(-c2ccccc2SC)cc1. The number of thiophene rings is 1. The molecule has 0 saturated heterocycles. The number of nitrogens with two attached hydrogens (primary N) is 1. The second-order valence-electron chi connectivity index (χ2n) is 5.63. The molecular weight excluding hydrogens is 376 g/mol. The third-order valence-corrected chi connectivity index (χ3v) is 5.86. The van der Waals surface area contributed by atoms with Crippen LogP contribution >= 0.6 is 23.1 Å². The zero-order valence-electron chi connectivity index (χ0n) is 15.0. The van der Waals surface area contributed by atoms with Gasteiger partial charge in [-0.2, -0.15) is 0 Å². The second kappa shape index (κ2) is 8.30. The molecule has 1 aromatic heterocycles. The summed E-state index contributed by atoms with van der Waals surface area (Å²) in [4.78, 5) is 17.4. The summed E-state index contributed by atoms with van der Waals surface area (Å²) < 4.78 is 5.14. The molecule has 27 heavy (non-hydrogen) atoms. The predicted molar refractivity (Wildman–Crippen MR) is 114 cm³/mol. The van der Waals surface area contributed by atoms with Crippen LogP contribution in [0.5, 0.6) is 0 Å². The lowest BCUT2D eigenvalue weighted by Crippen LogP contribution is -2.03. The predicted octanol–water partition coefficient (Wildman–Crippen LogP) is 6.11. The Morgan fingerprint density at radius 2 is 1.85 bits per heavy atom. The van der Waals surface area contributed by atoms with E-state index in [2.05, 4.69) is 23.2 Å². The summed E-state index contributed by atoms with van der Waals surface area (Å²) >= 11 is 2.80. The van der Waals surface area contributed by atoms with Crippen molar-refractivity contribution in [1.29, 1.82) is 0 Å². The third kappa shape index (κ3) is 3.70. The monoisotopic (exact) mass is 394 g/mol. The Morgan fingerprint density at radius 3 is 2.48 bits per heavy atom. The molecule has 0 saturated carbocycles.